The first kappa shape index (κ1) is 14.4. The Balaban J connectivity index is 2.83. The fourth-order valence-corrected chi connectivity index (χ4v) is 1.81. The molecule has 0 heterocycles. The maximum Gasteiger partial charge on any atom is 0.158 e. The van der Waals surface area contributed by atoms with Crippen LogP contribution in [0.4, 0.5) is 13.2 Å². The zero-order valence-corrected chi connectivity index (χ0v) is 10.3. The van der Waals surface area contributed by atoms with Crippen LogP contribution in [0.25, 0.3) is 11.1 Å². The lowest BCUT2D eigenvalue weighted by Gasteiger charge is -2.15. The van der Waals surface area contributed by atoms with Crippen LogP contribution in [0.2, 0.25) is 0 Å². The molecule has 2 N–H and O–H groups in total. The molecule has 7 heteroatoms. The van der Waals surface area contributed by atoms with Crippen LogP contribution in [0.5, 0.6) is 11.5 Å². The fourth-order valence-electron chi connectivity index (χ4n) is 1.81. The Hall–Kier alpha value is -2.04. The monoisotopic (exact) mass is 274 g/mol. The topological polar surface area (TPSA) is 40.5 Å². The molecule has 0 fully saturated rings. The van der Waals surface area contributed by atoms with Crippen molar-refractivity contribution in [2.45, 2.75) is 6.92 Å². The zero-order valence-electron chi connectivity index (χ0n) is 10.3. The van der Waals surface area contributed by atoms with Crippen LogP contribution in [-0.4, -0.2) is 25.9 Å². The maximum absolute atomic E-state index is 13.6. The van der Waals surface area contributed by atoms with Gasteiger partial charge in [0.2, 0.25) is 0 Å². The van der Waals surface area contributed by atoms with Gasteiger partial charge in [0.15, 0.2) is 5.82 Å². The van der Waals surface area contributed by atoms with Crippen molar-refractivity contribution >= 4 is 26.6 Å². The van der Waals surface area contributed by atoms with Gasteiger partial charge in [-0.05, 0) is 35.5 Å². The van der Waals surface area contributed by atoms with Crippen molar-refractivity contribution < 1.29 is 23.4 Å². The number of hydrogen-bond acceptors (Lipinski definition) is 2. The summed E-state index contributed by atoms with van der Waals surface area (Å²) in [6.07, 6.45) is 0. The van der Waals surface area contributed by atoms with Crippen molar-refractivity contribution in [3.05, 3.63) is 35.1 Å². The standard InChI is InChI=1S/C13H7B2F3O2/c1-4-6(16)2-5(3-7(4)17)8-9(14)11(18)13(20)10(15)12(8)19/h2-3,19-20H,1H3. The Kier molecular flexibility index (Phi) is 3.46. The minimum atomic E-state index is -1.27. The van der Waals surface area contributed by atoms with Gasteiger partial charge in [-0.1, -0.05) is 0 Å². The van der Waals surface area contributed by atoms with Crippen molar-refractivity contribution in [3.63, 3.8) is 0 Å². The summed E-state index contributed by atoms with van der Waals surface area (Å²) in [5, 5.41) is 19.1. The molecule has 0 atom stereocenters. The molecule has 0 aliphatic rings. The molecule has 0 bridgehead atoms. The highest BCUT2D eigenvalue weighted by molar-refractivity contribution is 6.42. The van der Waals surface area contributed by atoms with Crippen molar-refractivity contribution in [2.24, 2.45) is 0 Å². The number of hydrogen-bond donors (Lipinski definition) is 2. The van der Waals surface area contributed by atoms with E-state index in [2.05, 4.69) is 0 Å². The molecule has 0 aliphatic heterocycles. The van der Waals surface area contributed by atoms with Gasteiger partial charge in [0.1, 0.15) is 38.8 Å². The van der Waals surface area contributed by atoms with Gasteiger partial charge < -0.3 is 10.2 Å². The smallest absolute Gasteiger partial charge is 0.158 e. The summed E-state index contributed by atoms with van der Waals surface area (Å²) in [7, 11) is 10.7. The largest absolute Gasteiger partial charge is 0.508 e. The Bertz CT molecular complexity index is 665. The summed E-state index contributed by atoms with van der Waals surface area (Å²) >= 11 is 0. The average Bonchev–Trinajstić information content (AvgIpc) is 2.40. The zero-order chi connectivity index (χ0) is 15.2. The Morgan fingerprint density at radius 3 is 1.90 bits per heavy atom. The summed E-state index contributed by atoms with van der Waals surface area (Å²) in [4.78, 5) is 0. The number of halogens is 3. The molecule has 2 aromatic rings. The van der Waals surface area contributed by atoms with E-state index in [-0.39, 0.29) is 16.7 Å². The highest BCUT2D eigenvalue weighted by Crippen LogP contribution is 2.31. The Morgan fingerprint density at radius 1 is 0.900 bits per heavy atom. The second-order valence-electron chi connectivity index (χ2n) is 4.28. The summed E-state index contributed by atoms with van der Waals surface area (Å²) in [6, 6.07) is 1.78. The lowest BCUT2D eigenvalue weighted by atomic mass is 9.79. The third kappa shape index (κ3) is 2.03. The van der Waals surface area contributed by atoms with Crippen LogP contribution in [0.3, 0.4) is 0 Å². The van der Waals surface area contributed by atoms with Gasteiger partial charge in [0.25, 0.3) is 0 Å². The number of rotatable bonds is 1. The van der Waals surface area contributed by atoms with Gasteiger partial charge in [0.05, 0.1) is 0 Å². The first-order valence-electron chi connectivity index (χ1n) is 5.50. The van der Waals surface area contributed by atoms with E-state index >= 15 is 0 Å². The number of benzene rings is 2. The first-order valence-corrected chi connectivity index (χ1v) is 5.50. The van der Waals surface area contributed by atoms with Gasteiger partial charge in [-0.3, -0.25) is 0 Å². The fraction of sp³-hybridized carbons (Fsp3) is 0.0769. The summed E-state index contributed by atoms with van der Waals surface area (Å²) in [5.41, 5.74) is -2.11. The van der Waals surface area contributed by atoms with E-state index in [4.69, 9.17) is 15.7 Å². The molecular formula is C13H7B2F3O2. The second kappa shape index (κ2) is 4.81. The van der Waals surface area contributed by atoms with Crippen molar-refractivity contribution in [1.82, 2.24) is 0 Å². The molecule has 98 valence electrons. The number of phenolic OH excluding ortho intramolecular Hbond substituents is 2. The van der Waals surface area contributed by atoms with Gasteiger partial charge in [-0.15, -0.1) is 0 Å². The molecule has 2 rings (SSSR count). The Labute approximate surface area is 115 Å². The summed E-state index contributed by atoms with van der Waals surface area (Å²) in [5.74, 6) is -4.80. The second-order valence-corrected chi connectivity index (χ2v) is 4.28. The quantitative estimate of drug-likeness (QED) is 0.764. The molecule has 0 saturated heterocycles. The highest BCUT2D eigenvalue weighted by atomic mass is 19.1. The predicted molar refractivity (Wildman–Crippen MR) is 70.6 cm³/mol. The molecule has 0 aliphatic carbocycles. The van der Waals surface area contributed by atoms with Crippen molar-refractivity contribution in [3.8, 4) is 22.6 Å². The number of phenols is 2. The van der Waals surface area contributed by atoms with Crippen LogP contribution in [0.15, 0.2) is 12.1 Å². The SMILES string of the molecule is [B]c1c(O)c(F)c([B])c(-c2cc(F)c(C)c(F)c2)c1O. The minimum Gasteiger partial charge on any atom is -0.508 e. The maximum atomic E-state index is 13.6. The third-order valence-electron chi connectivity index (χ3n) is 3.03. The number of aromatic hydroxyl groups is 2. The summed E-state index contributed by atoms with van der Waals surface area (Å²) in [6.45, 7) is 1.23. The van der Waals surface area contributed by atoms with Crippen LogP contribution in [0.1, 0.15) is 5.56 Å². The molecule has 2 aromatic carbocycles. The molecule has 0 saturated carbocycles. The molecule has 0 aromatic heterocycles. The van der Waals surface area contributed by atoms with Crippen molar-refractivity contribution in [2.75, 3.05) is 0 Å². The minimum absolute atomic E-state index is 0.189. The van der Waals surface area contributed by atoms with Gasteiger partial charge >= 0.3 is 0 Å². The lowest BCUT2D eigenvalue weighted by Crippen LogP contribution is -2.20. The highest BCUT2D eigenvalue weighted by Gasteiger charge is 2.20. The molecule has 0 spiro atoms. The van der Waals surface area contributed by atoms with E-state index in [1.54, 1.807) is 0 Å². The molecule has 2 nitrogen and oxygen atoms in total. The van der Waals surface area contributed by atoms with Gasteiger partial charge in [0, 0.05) is 11.1 Å². The van der Waals surface area contributed by atoms with Gasteiger partial charge in [-0.2, -0.15) is 0 Å². The Morgan fingerprint density at radius 2 is 1.40 bits per heavy atom. The van der Waals surface area contributed by atoms with Gasteiger partial charge in [-0.25, -0.2) is 13.2 Å². The lowest BCUT2D eigenvalue weighted by molar-refractivity contribution is 0.429. The van der Waals surface area contributed by atoms with Crippen LogP contribution >= 0.6 is 0 Å². The molecule has 0 unspecified atom stereocenters. The first-order chi connectivity index (χ1) is 9.25. The van der Waals surface area contributed by atoms with Crippen LogP contribution in [-0.2, 0) is 0 Å². The molecular weight excluding hydrogens is 267 g/mol. The molecule has 0 amide bonds. The predicted octanol–water partition coefficient (Wildman–Crippen LogP) is 1.08. The van der Waals surface area contributed by atoms with E-state index in [9.17, 15) is 23.4 Å². The molecule has 4 radical (unpaired) electrons. The van der Waals surface area contributed by atoms with E-state index in [0.717, 1.165) is 12.1 Å². The normalized spacial score (nSPS) is 10.8. The van der Waals surface area contributed by atoms with E-state index in [1.165, 1.54) is 6.92 Å². The van der Waals surface area contributed by atoms with Crippen LogP contribution in [0, 0.1) is 24.4 Å². The van der Waals surface area contributed by atoms with Crippen LogP contribution < -0.4 is 10.9 Å². The van der Waals surface area contributed by atoms with E-state index < -0.39 is 39.9 Å². The van der Waals surface area contributed by atoms with E-state index in [1.807, 2.05) is 0 Å². The van der Waals surface area contributed by atoms with E-state index in [0.29, 0.717) is 0 Å². The average molecular weight is 274 g/mol. The summed E-state index contributed by atoms with van der Waals surface area (Å²) < 4.78 is 40.7. The third-order valence-corrected chi connectivity index (χ3v) is 3.03. The van der Waals surface area contributed by atoms with Crippen molar-refractivity contribution in [1.29, 1.82) is 0 Å². The molecule has 20 heavy (non-hydrogen) atoms.